The number of ether oxygens (including phenoxy) is 1. The molecule has 2 aromatic rings. The SMILES string of the molecule is NNC(c1ccc(OC(F)F)cc1)c1occc1Br. The predicted molar refractivity (Wildman–Crippen MR) is 68.6 cm³/mol. The van der Waals surface area contributed by atoms with Crippen molar-refractivity contribution in [2.45, 2.75) is 12.7 Å². The first-order chi connectivity index (χ1) is 9.11. The Bertz CT molecular complexity index is 531. The summed E-state index contributed by atoms with van der Waals surface area (Å²) in [6.07, 6.45) is 1.53. The molecule has 0 saturated carbocycles. The van der Waals surface area contributed by atoms with Gasteiger partial charge in [0, 0.05) is 0 Å². The number of furan rings is 1. The molecule has 7 heteroatoms. The second-order valence-corrected chi connectivity index (χ2v) is 4.53. The highest BCUT2D eigenvalue weighted by Gasteiger charge is 2.18. The van der Waals surface area contributed by atoms with Crippen molar-refractivity contribution in [3.8, 4) is 5.75 Å². The molecule has 3 N–H and O–H groups in total. The van der Waals surface area contributed by atoms with Gasteiger partial charge in [0.1, 0.15) is 17.6 Å². The Morgan fingerprint density at radius 1 is 1.21 bits per heavy atom. The Morgan fingerprint density at radius 2 is 1.89 bits per heavy atom. The molecule has 0 aliphatic heterocycles. The maximum Gasteiger partial charge on any atom is 0.387 e. The highest BCUT2D eigenvalue weighted by Crippen LogP contribution is 2.30. The number of hydrogen-bond donors (Lipinski definition) is 2. The van der Waals surface area contributed by atoms with E-state index in [-0.39, 0.29) is 11.8 Å². The largest absolute Gasteiger partial charge is 0.466 e. The van der Waals surface area contributed by atoms with Gasteiger partial charge >= 0.3 is 6.61 Å². The predicted octanol–water partition coefficient (Wildman–Crippen LogP) is 3.20. The van der Waals surface area contributed by atoms with Crippen LogP contribution in [0.25, 0.3) is 0 Å². The molecule has 0 spiro atoms. The maximum absolute atomic E-state index is 12.0. The Hall–Kier alpha value is -1.44. The minimum Gasteiger partial charge on any atom is -0.466 e. The molecule has 1 unspecified atom stereocenters. The van der Waals surface area contributed by atoms with E-state index in [1.807, 2.05) is 0 Å². The average Bonchev–Trinajstić information content (AvgIpc) is 2.78. The van der Waals surface area contributed by atoms with Crippen LogP contribution in [0.5, 0.6) is 5.75 Å². The summed E-state index contributed by atoms with van der Waals surface area (Å²) < 4.78 is 34.5. The number of halogens is 3. The van der Waals surface area contributed by atoms with Crippen molar-refractivity contribution >= 4 is 15.9 Å². The van der Waals surface area contributed by atoms with Crippen LogP contribution in [0.1, 0.15) is 17.4 Å². The first kappa shape index (κ1) is 14.0. The van der Waals surface area contributed by atoms with Gasteiger partial charge in [-0.05, 0) is 39.7 Å². The lowest BCUT2D eigenvalue weighted by Gasteiger charge is -2.15. The van der Waals surface area contributed by atoms with Crippen LogP contribution in [0, 0.1) is 0 Å². The first-order valence-electron chi connectivity index (χ1n) is 5.35. The molecular weight excluding hydrogens is 322 g/mol. The summed E-state index contributed by atoms with van der Waals surface area (Å²) in [5, 5.41) is 0. The number of nitrogens with one attached hydrogen (secondary N) is 1. The molecule has 0 aliphatic carbocycles. The molecule has 1 aromatic carbocycles. The number of benzene rings is 1. The quantitative estimate of drug-likeness (QED) is 0.652. The smallest absolute Gasteiger partial charge is 0.387 e. The van der Waals surface area contributed by atoms with Gasteiger partial charge in [-0.3, -0.25) is 5.84 Å². The molecule has 0 bridgehead atoms. The third kappa shape index (κ3) is 3.31. The molecule has 1 heterocycles. The molecule has 0 fully saturated rings. The van der Waals surface area contributed by atoms with Gasteiger partial charge < -0.3 is 9.15 Å². The lowest BCUT2D eigenvalue weighted by molar-refractivity contribution is -0.0498. The summed E-state index contributed by atoms with van der Waals surface area (Å²) >= 11 is 3.34. The zero-order valence-corrected chi connectivity index (χ0v) is 11.2. The summed E-state index contributed by atoms with van der Waals surface area (Å²) in [7, 11) is 0. The Morgan fingerprint density at radius 3 is 2.37 bits per heavy atom. The molecule has 0 radical (unpaired) electrons. The summed E-state index contributed by atoms with van der Waals surface area (Å²) in [5.41, 5.74) is 3.37. The molecule has 0 saturated heterocycles. The summed E-state index contributed by atoms with van der Waals surface area (Å²) in [5.74, 6) is 6.19. The van der Waals surface area contributed by atoms with Gasteiger partial charge in [-0.2, -0.15) is 8.78 Å². The van der Waals surface area contributed by atoms with Gasteiger partial charge in [0.15, 0.2) is 0 Å². The maximum atomic E-state index is 12.0. The van der Waals surface area contributed by atoms with Gasteiger partial charge in [0.2, 0.25) is 0 Å². The van der Waals surface area contributed by atoms with E-state index < -0.39 is 6.61 Å². The Balaban J connectivity index is 2.22. The van der Waals surface area contributed by atoms with E-state index in [0.29, 0.717) is 5.76 Å². The molecule has 1 aromatic heterocycles. The zero-order chi connectivity index (χ0) is 13.8. The number of alkyl halides is 2. The van der Waals surface area contributed by atoms with E-state index in [1.165, 1.54) is 18.4 Å². The van der Waals surface area contributed by atoms with E-state index in [4.69, 9.17) is 10.3 Å². The van der Waals surface area contributed by atoms with E-state index in [2.05, 4.69) is 26.1 Å². The fourth-order valence-corrected chi connectivity index (χ4v) is 2.11. The van der Waals surface area contributed by atoms with Gasteiger partial charge in [-0.25, -0.2) is 5.43 Å². The summed E-state index contributed by atoms with van der Waals surface area (Å²) in [4.78, 5) is 0. The van der Waals surface area contributed by atoms with E-state index in [0.717, 1.165) is 10.0 Å². The van der Waals surface area contributed by atoms with Crippen LogP contribution in [0.4, 0.5) is 8.78 Å². The topological polar surface area (TPSA) is 60.4 Å². The standard InChI is InChI=1S/C12H11BrF2N2O2/c13-9-5-6-18-11(9)10(17-16)7-1-3-8(4-2-7)19-12(14)15/h1-6,10,12,17H,16H2. The van der Waals surface area contributed by atoms with Crippen LogP contribution < -0.4 is 16.0 Å². The van der Waals surface area contributed by atoms with Crippen LogP contribution >= 0.6 is 15.9 Å². The first-order valence-corrected chi connectivity index (χ1v) is 6.15. The van der Waals surface area contributed by atoms with Crippen molar-refractivity contribution in [2.24, 2.45) is 5.84 Å². The van der Waals surface area contributed by atoms with Crippen LogP contribution in [0.3, 0.4) is 0 Å². The van der Waals surface area contributed by atoms with E-state index in [9.17, 15) is 8.78 Å². The second-order valence-electron chi connectivity index (χ2n) is 3.68. The van der Waals surface area contributed by atoms with Crippen LogP contribution in [-0.2, 0) is 0 Å². The molecular formula is C12H11BrF2N2O2. The molecule has 102 valence electrons. The third-order valence-electron chi connectivity index (χ3n) is 2.51. The molecule has 0 amide bonds. The number of nitrogens with two attached hydrogens (primary N) is 1. The lowest BCUT2D eigenvalue weighted by atomic mass is 10.1. The fraction of sp³-hybridized carbons (Fsp3) is 0.167. The highest BCUT2D eigenvalue weighted by atomic mass is 79.9. The highest BCUT2D eigenvalue weighted by molar-refractivity contribution is 9.10. The van der Waals surface area contributed by atoms with Crippen molar-refractivity contribution in [1.29, 1.82) is 0 Å². The Labute approximate surface area is 116 Å². The van der Waals surface area contributed by atoms with Crippen LogP contribution in [0.2, 0.25) is 0 Å². The monoisotopic (exact) mass is 332 g/mol. The minimum atomic E-state index is -2.84. The van der Waals surface area contributed by atoms with Crippen LogP contribution in [0.15, 0.2) is 45.5 Å². The molecule has 1 atom stereocenters. The summed E-state index contributed by atoms with van der Waals surface area (Å²) in [6.45, 7) is -2.84. The normalized spacial score (nSPS) is 12.7. The van der Waals surface area contributed by atoms with E-state index in [1.54, 1.807) is 18.2 Å². The van der Waals surface area contributed by atoms with E-state index >= 15 is 0 Å². The summed E-state index contributed by atoms with van der Waals surface area (Å²) in [6, 6.07) is 7.53. The lowest BCUT2D eigenvalue weighted by Crippen LogP contribution is -2.28. The number of hydrogen-bond acceptors (Lipinski definition) is 4. The van der Waals surface area contributed by atoms with Gasteiger partial charge in [-0.1, -0.05) is 12.1 Å². The minimum absolute atomic E-state index is 0.0908. The molecule has 19 heavy (non-hydrogen) atoms. The molecule has 0 aliphatic rings. The Kier molecular flexibility index (Phi) is 4.52. The van der Waals surface area contributed by atoms with Gasteiger partial charge in [0.25, 0.3) is 0 Å². The van der Waals surface area contributed by atoms with Crippen molar-refractivity contribution in [3.05, 3.63) is 52.4 Å². The average molecular weight is 333 g/mol. The number of rotatable bonds is 5. The van der Waals surface area contributed by atoms with Crippen molar-refractivity contribution in [2.75, 3.05) is 0 Å². The van der Waals surface area contributed by atoms with Crippen LogP contribution in [-0.4, -0.2) is 6.61 Å². The third-order valence-corrected chi connectivity index (χ3v) is 3.17. The van der Waals surface area contributed by atoms with Crippen molar-refractivity contribution < 1.29 is 17.9 Å². The van der Waals surface area contributed by atoms with Crippen molar-refractivity contribution in [3.63, 3.8) is 0 Å². The molecule has 4 nitrogen and oxygen atoms in total. The second kappa shape index (κ2) is 6.14. The van der Waals surface area contributed by atoms with Gasteiger partial charge in [-0.15, -0.1) is 0 Å². The van der Waals surface area contributed by atoms with Crippen molar-refractivity contribution in [1.82, 2.24) is 5.43 Å². The number of hydrazine groups is 1. The fourth-order valence-electron chi connectivity index (χ4n) is 1.68. The zero-order valence-electron chi connectivity index (χ0n) is 9.65. The molecule has 2 rings (SSSR count). The van der Waals surface area contributed by atoms with Gasteiger partial charge in [0.05, 0.1) is 10.7 Å².